The Labute approximate surface area is 159 Å². The average molecular weight is 400 g/mol. The maximum Gasteiger partial charge on any atom is 0.417 e. The van der Waals surface area contributed by atoms with Crippen molar-refractivity contribution in [2.45, 2.75) is 50.2 Å². The minimum Gasteiger partial charge on any atom is -0.368 e. The molecule has 5 atom stereocenters. The first-order valence-electron chi connectivity index (χ1n) is 8.71. The number of ether oxygens (including phenoxy) is 3. The Morgan fingerprint density at radius 3 is 1.75 bits per heavy atom. The summed E-state index contributed by atoms with van der Waals surface area (Å²) >= 11 is 0. The van der Waals surface area contributed by atoms with Crippen LogP contribution in [0.15, 0.2) is 60.7 Å². The zero-order chi connectivity index (χ0) is 20.1. The van der Waals surface area contributed by atoms with Gasteiger partial charge in [-0.2, -0.15) is 13.2 Å². The number of benzene rings is 2. The van der Waals surface area contributed by atoms with Gasteiger partial charge in [0.2, 0.25) is 0 Å². The molecule has 0 radical (unpaired) electrons. The van der Waals surface area contributed by atoms with Gasteiger partial charge in [-0.25, -0.2) is 4.39 Å². The highest BCUT2D eigenvalue weighted by atomic mass is 19.4. The highest BCUT2D eigenvalue weighted by molar-refractivity contribution is 5.14. The first kappa shape index (κ1) is 20.7. The molecular formula is C20H20F4O4. The van der Waals surface area contributed by atoms with Crippen LogP contribution in [0.4, 0.5) is 17.6 Å². The molecule has 152 valence electrons. The fourth-order valence-electron chi connectivity index (χ4n) is 2.98. The van der Waals surface area contributed by atoms with Crippen molar-refractivity contribution < 1.29 is 36.9 Å². The average Bonchev–Trinajstić information content (AvgIpc) is 2.68. The molecule has 1 N–H and O–H groups in total. The fourth-order valence-corrected chi connectivity index (χ4v) is 2.98. The molecule has 8 heteroatoms. The number of aliphatic hydroxyl groups excluding tert-OH is 1. The largest absolute Gasteiger partial charge is 0.417 e. The third-order valence-electron chi connectivity index (χ3n) is 4.39. The van der Waals surface area contributed by atoms with Gasteiger partial charge in [0, 0.05) is 0 Å². The van der Waals surface area contributed by atoms with Crippen LogP contribution < -0.4 is 0 Å². The van der Waals surface area contributed by atoms with Crippen LogP contribution >= 0.6 is 0 Å². The molecule has 1 aliphatic rings. The third-order valence-corrected chi connectivity index (χ3v) is 4.39. The summed E-state index contributed by atoms with van der Waals surface area (Å²) in [6.45, 7) is -0.316. The van der Waals surface area contributed by atoms with Crippen molar-refractivity contribution in [3.63, 3.8) is 0 Å². The van der Waals surface area contributed by atoms with Crippen LogP contribution in [-0.4, -0.2) is 42.1 Å². The van der Waals surface area contributed by atoms with Gasteiger partial charge in [0.05, 0.1) is 13.2 Å². The van der Waals surface area contributed by atoms with E-state index in [1.807, 2.05) is 0 Å². The maximum atomic E-state index is 14.5. The van der Waals surface area contributed by atoms with E-state index in [-0.39, 0.29) is 13.2 Å². The van der Waals surface area contributed by atoms with Gasteiger partial charge in [-0.3, -0.25) is 0 Å². The summed E-state index contributed by atoms with van der Waals surface area (Å²) in [5, 5.41) is 9.65. The Kier molecular flexibility index (Phi) is 6.66. The molecule has 1 heterocycles. The standard InChI is InChI=1S/C20H20F4O4/c21-15-16(26-11-13-7-3-1-4-8-13)17(18(20(22,23)24)28-19(15)25)27-12-14-9-5-2-6-10-14/h1-10,15-19,25H,11-12H2/t15-,16+,17+,18-,19-/m1/s1. The highest BCUT2D eigenvalue weighted by Gasteiger charge is 2.57. The molecule has 2 aromatic rings. The van der Waals surface area contributed by atoms with Crippen molar-refractivity contribution in [3.8, 4) is 0 Å². The van der Waals surface area contributed by atoms with Crippen LogP contribution in [0.5, 0.6) is 0 Å². The number of hydrogen-bond acceptors (Lipinski definition) is 4. The summed E-state index contributed by atoms with van der Waals surface area (Å²) in [4.78, 5) is 0. The van der Waals surface area contributed by atoms with Gasteiger partial charge in [-0.1, -0.05) is 60.7 Å². The van der Waals surface area contributed by atoms with Gasteiger partial charge in [0.1, 0.15) is 12.2 Å². The molecule has 1 fully saturated rings. The molecule has 1 aliphatic heterocycles. The summed E-state index contributed by atoms with van der Waals surface area (Å²) in [6.07, 6.45) is -15.3. The highest BCUT2D eigenvalue weighted by Crippen LogP contribution is 2.36. The number of halogens is 4. The molecule has 28 heavy (non-hydrogen) atoms. The fraction of sp³-hybridized carbons (Fsp3) is 0.400. The van der Waals surface area contributed by atoms with Crippen LogP contribution in [-0.2, 0) is 27.4 Å². The second-order valence-electron chi connectivity index (χ2n) is 6.46. The van der Waals surface area contributed by atoms with Crippen LogP contribution in [0.1, 0.15) is 11.1 Å². The van der Waals surface area contributed by atoms with Gasteiger partial charge in [0.15, 0.2) is 18.6 Å². The van der Waals surface area contributed by atoms with E-state index in [0.717, 1.165) is 0 Å². The summed E-state index contributed by atoms with van der Waals surface area (Å²) in [5.74, 6) is 0. The maximum absolute atomic E-state index is 14.5. The van der Waals surface area contributed by atoms with Gasteiger partial charge in [-0.05, 0) is 11.1 Å². The smallest absolute Gasteiger partial charge is 0.368 e. The Morgan fingerprint density at radius 2 is 1.29 bits per heavy atom. The lowest BCUT2D eigenvalue weighted by molar-refractivity contribution is -0.349. The number of alkyl halides is 4. The Bertz CT molecular complexity index is 726. The minimum absolute atomic E-state index is 0.131. The van der Waals surface area contributed by atoms with Crippen molar-refractivity contribution in [2.24, 2.45) is 0 Å². The van der Waals surface area contributed by atoms with E-state index in [9.17, 15) is 22.7 Å². The molecule has 3 rings (SSSR count). The van der Waals surface area contributed by atoms with E-state index < -0.39 is 36.9 Å². The first-order valence-corrected chi connectivity index (χ1v) is 8.71. The van der Waals surface area contributed by atoms with Gasteiger partial charge >= 0.3 is 6.18 Å². The van der Waals surface area contributed by atoms with Crippen molar-refractivity contribution in [3.05, 3.63) is 71.8 Å². The SMILES string of the molecule is O[C@@H]1O[C@@H](C(F)(F)F)[C@@H](OCc2ccccc2)[C@@H](OCc2ccccc2)[C@H]1F. The molecule has 1 saturated heterocycles. The number of hydrogen-bond donors (Lipinski definition) is 1. The lowest BCUT2D eigenvalue weighted by Crippen LogP contribution is -2.61. The quantitative estimate of drug-likeness (QED) is 0.750. The number of aliphatic hydroxyl groups is 1. The molecule has 0 saturated carbocycles. The van der Waals surface area contributed by atoms with Gasteiger partial charge < -0.3 is 19.3 Å². The number of rotatable bonds is 6. The Morgan fingerprint density at radius 1 is 0.821 bits per heavy atom. The van der Waals surface area contributed by atoms with Crippen LogP contribution in [0.25, 0.3) is 0 Å². The first-order chi connectivity index (χ1) is 13.4. The summed E-state index contributed by atoms with van der Waals surface area (Å²) in [7, 11) is 0. The molecule has 0 aliphatic carbocycles. The summed E-state index contributed by atoms with van der Waals surface area (Å²) < 4.78 is 70.3. The molecule has 0 unspecified atom stereocenters. The normalized spacial score (nSPS) is 28.2. The second kappa shape index (κ2) is 9.00. The molecule has 0 aromatic heterocycles. The Balaban J connectivity index is 1.79. The van der Waals surface area contributed by atoms with Crippen LogP contribution in [0.2, 0.25) is 0 Å². The molecule has 0 amide bonds. The Hall–Kier alpha value is -2.00. The molecule has 4 nitrogen and oxygen atoms in total. The topological polar surface area (TPSA) is 47.9 Å². The van der Waals surface area contributed by atoms with Crippen molar-refractivity contribution in [1.29, 1.82) is 0 Å². The molecule has 0 bridgehead atoms. The predicted octanol–water partition coefficient (Wildman–Crippen LogP) is 3.77. The zero-order valence-electron chi connectivity index (χ0n) is 14.8. The van der Waals surface area contributed by atoms with Crippen molar-refractivity contribution in [1.82, 2.24) is 0 Å². The summed E-state index contributed by atoms with van der Waals surface area (Å²) in [5.41, 5.74) is 1.27. The van der Waals surface area contributed by atoms with E-state index in [1.54, 1.807) is 60.7 Å². The van der Waals surface area contributed by atoms with E-state index in [4.69, 9.17) is 9.47 Å². The lowest BCUT2D eigenvalue weighted by Gasteiger charge is -2.42. The van der Waals surface area contributed by atoms with Crippen molar-refractivity contribution >= 4 is 0 Å². The van der Waals surface area contributed by atoms with Crippen LogP contribution in [0.3, 0.4) is 0 Å². The minimum atomic E-state index is -4.86. The van der Waals surface area contributed by atoms with E-state index >= 15 is 0 Å². The van der Waals surface area contributed by atoms with E-state index in [0.29, 0.717) is 11.1 Å². The molecule has 0 spiro atoms. The van der Waals surface area contributed by atoms with Crippen LogP contribution in [0, 0.1) is 0 Å². The zero-order valence-corrected chi connectivity index (χ0v) is 14.8. The van der Waals surface area contributed by atoms with E-state index in [1.165, 1.54) is 0 Å². The van der Waals surface area contributed by atoms with Gasteiger partial charge in [0.25, 0.3) is 0 Å². The van der Waals surface area contributed by atoms with E-state index in [2.05, 4.69) is 4.74 Å². The van der Waals surface area contributed by atoms with Crippen molar-refractivity contribution in [2.75, 3.05) is 0 Å². The second-order valence-corrected chi connectivity index (χ2v) is 6.46. The molecular weight excluding hydrogens is 380 g/mol. The lowest BCUT2D eigenvalue weighted by atomic mass is 9.98. The van der Waals surface area contributed by atoms with Gasteiger partial charge in [-0.15, -0.1) is 0 Å². The monoisotopic (exact) mass is 400 g/mol. The predicted molar refractivity (Wildman–Crippen MR) is 91.9 cm³/mol. The summed E-state index contributed by atoms with van der Waals surface area (Å²) in [6, 6.07) is 17.1. The molecule has 2 aromatic carbocycles. The third kappa shape index (κ3) is 5.08.